The van der Waals surface area contributed by atoms with Crippen LogP contribution in [0.4, 0.5) is 8.78 Å². The predicted molar refractivity (Wildman–Crippen MR) is 147 cm³/mol. The van der Waals surface area contributed by atoms with Gasteiger partial charge in [0.25, 0.3) is 11.8 Å². The van der Waals surface area contributed by atoms with E-state index in [-0.39, 0.29) is 34.2 Å². The van der Waals surface area contributed by atoms with E-state index in [1.807, 2.05) is 11.9 Å². The molecule has 3 aromatic carbocycles. The molecule has 0 saturated heterocycles. The third-order valence-corrected chi connectivity index (χ3v) is 6.12. The number of halogens is 2. The van der Waals surface area contributed by atoms with Crippen LogP contribution in [0, 0.1) is 17.0 Å². The second-order valence-electron chi connectivity index (χ2n) is 9.07. The topological polar surface area (TPSA) is 164 Å². The number of phenols is 1. The fraction of sp³-hybridized carbons (Fsp3) is 0.103. The average Bonchev–Trinajstić information content (AvgIpc) is 3.40. The van der Waals surface area contributed by atoms with Crippen LogP contribution in [-0.4, -0.2) is 57.9 Å². The summed E-state index contributed by atoms with van der Waals surface area (Å²) in [6.07, 6.45) is 0. The summed E-state index contributed by atoms with van der Waals surface area (Å²) < 4.78 is 48.1. The average molecular weight is 576 g/mol. The van der Waals surface area contributed by atoms with Gasteiger partial charge in [0, 0.05) is 24.7 Å². The van der Waals surface area contributed by atoms with Crippen LogP contribution < -0.4 is 19.9 Å². The van der Waals surface area contributed by atoms with Crippen molar-refractivity contribution in [2.45, 2.75) is 0 Å². The summed E-state index contributed by atoms with van der Waals surface area (Å²) in [5.41, 5.74) is 6.17. The number of ether oxygens (including phenoxy) is 3. The van der Waals surface area contributed by atoms with Gasteiger partial charge in [-0.1, -0.05) is 18.2 Å². The van der Waals surface area contributed by atoms with Crippen molar-refractivity contribution in [1.82, 2.24) is 9.88 Å². The lowest BCUT2D eigenvalue weighted by Gasteiger charge is -2.16. The van der Waals surface area contributed by atoms with Crippen molar-refractivity contribution in [3.8, 4) is 40.5 Å². The number of phenolic OH excluding ortho intramolecular Hbond substituents is 1. The Balaban J connectivity index is 1.58. The minimum atomic E-state index is -1.41. The zero-order valence-electron chi connectivity index (χ0n) is 22.0. The first-order valence-corrected chi connectivity index (χ1v) is 12.4. The molecule has 0 aliphatic carbocycles. The molecule has 214 valence electrons. The number of rotatable bonds is 9. The highest BCUT2D eigenvalue weighted by Gasteiger charge is 2.27. The van der Waals surface area contributed by atoms with Crippen LogP contribution in [0.5, 0.6) is 40.5 Å². The quantitative estimate of drug-likeness (QED) is 0.157. The molecule has 5 N–H and O–H groups in total. The van der Waals surface area contributed by atoms with Crippen LogP contribution in [0.2, 0.25) is 0 Å². The number of nitrogens with one attached hydrogen (secondary N) is 1. The van der Waals surface area contributed by atoms with Crippen molar-refractivity contribution in [2.24, 2.45) is 10.7 Å². The molecule has 1 aliphatic rings. The zero-order valence-corrected chi connectivity index (χ0v) is 22.0. The second kappa shape index (κ2) is 11.4. The van der Waals surface area contributed by atoms with Crippen LogP contribution in [0.15, 0.2) is 71.7 Å². The van der Waals surface area contributed by atoms with E-state index in [0.717, 1.165) is 12.6 Å². The molecule has 0 bridgehead atoms. The highest BCUT2D eigenvalue weighted by molar-refractivity contribution is 6.00. The Morgan fingerprint density at radius 1 is 0.952 bits per heavy atom. The lowest BCUT2D eigenvalue weighted by atomic mass is 10.2. The van der Waals surface area contributed by atoms with Crippen LogP contribution in [0.3, 0.4) is 0 Å². The minimum absolute atomic E-state index is 0.139. The molecule has 2 heterocycles. The van der Waals surface area contributed by atoms with E-state index < -0.39 is 40.9 Å². The van der Waals surface area contributed by atoms with Crippen molar-refractivity contribution < 1.29 is 38.0 Å². The molecule has 0 saturated carbocycles. The Bertz CT molecular complexity index is 1750. The largest absolute Gasteiger partial charge is 0.504 e. The number of carbonyl (C=O) groups is 1. The molecule has 4 aromatic rings. The number of nitrogen functional groups attached to an aromatic ring is 1. The van der Waals surface area contributed by atoms with Gasteiger partial charge >= 0.3 is 5.97 Å². The monoisotopic (exact) mass is 575 g/mol. The van der Waals surface area contributed by atoms with Crippen LogP contribution in [0.1, 0.15) is 21.5 Å². The van der Waals surface area contributed by atoms with Crippen molar-refractivity contribution in [1.29, 1.82) is 5.41 Å². The smallest absolute Gasteiger partial charge is 0.335 e. The standard InChI is InChI=1S/C29H23F2N5O6/c1-36-11-10-34-26(36)16-4-2-7-19(12-16)41-27-22(30)24(40-18-6-3-5-17(13-18)29(38)39)23(31)28(35-27)42-21-14-15(25(32)33)8-9-20(21)37/h2-9,12-14,37H,10-11H2,1H3,(H3,32,33)(H,38,39). The predicted octanol–water partition coefficient (Wildman–Crippen LogP) is 5.12. The molecule has 0 atom stereocenters. The van der Waals surface area contributed by atoms with Gasteiger partial charge in [-0.2, -0.15) is 13.8 Å². The maximum atomic E-state index is 15.7. The number of benzene rings is 3. The Morgan fingerprint density at radius 3 is 2.31 bits per heavy atom. The highest BCUT2D eigenvalue weighted by atomic mass is 19.1. The molecule has 11 nitrogen and oxygen atoms in total. The maximum Gasteiger partial charge on any atom is 0.335 e. The Kier molecular flexibility index (Phi) is 7.56. The number of nitrogens with zero attached hydrogens (tertiary/aromatic N) is 3. The van der Waals surface area contributed by atoms with Gasteiger partial charge in [0.15, 0.2) is 11.5 Å². The lowest BCUT2D eigenvalue weighted by molar-refractivity contribution is 0.0696. The first-order valence-electron chi connectivity index (χ1n) is 12.4. The number of amidine groups is 2. The normalized spacial score (nSPS) is 12.5. The summed E-state index contributed by atoms with van der Waals surface area (Å²) in [6, 6.07) is 15.3. The Morgan fingerprint density at radius 2 is 1.64 bits per heavy atom. The molecular weight excluding hydrogens is 552 g/mol. The van der Waals surface area contributed by atoms with E-state index in [0.29, 0.717) is 17.9 Å². The molecular formula is C29H23F2N5O6. The summed E-state index contributed by atoms with van der Waals surface area (Å²) in [6.45, 7) is 1.35. The van der Waals surface area contributed by atoms with E-state index in [1.165, 1.54) is 42.5 Å². The molecule has 42 heavy (non-hydrogen) atoms. The third-order valence-electron chi connectivity index (χ3n) is 6.12. The first-order chi connectivity index (χ1) is 20.1. The number of hydrogen-bond donors (Lipinski definition) is 4. The van der Waals surface area contributed by atoms with Gasteiger partial charge in [-0.05, 0) is 48.5 Å². The number of nitrogens with two attached hydrogens (primary N) is 1. The van der Waals surface area contributed by atoms with E-state index in [2.05, 4.69) is 9.98 Å². The minimum Gasteiger partial charge on any atom is -0.504 e. The van der Waals surface area contributed by atoms with Gasteiger partial charge in [-0.3, -0.25) is 10.4 Å². The summed E-state index contributed by atoms with van der Waals surface area (Å²) in [5, 5.41) is 27.2. The van der Waals surface area contributed by atoms with Gasteiger partial charge in [0.05, 0.1) is 12.1 Å². The van der Waals surface area contributed by atoms with Crippen LogP contribution >= 0.6 is 0 Å². The van der Waals surface area contributed by atoms with Crippen molar-refractivity contribution in [3.63, 3.8) is 0 Å². The molecule has 5 rings (SSSR count). The molecule has 1 aromatic heterocycles. The van der Waals surface area contributed by atoms with Crippen molar-refractivity contribution >= 4 is 17.6 Å². The Hall–Kier alpha value is -5.72. The van der Waals surface area contributed by atoms with Crippen LogP contribution in [0.25, 0.3) is 0 Å². The van der Waals surface area contributed by atoms with Crippen molar-refractivity contribution in [3.05, 3.63) is 95.1 Å². The van der Waals surface area contributed by atoms with Gasteiger partial charge in [-0.25, -0.2) is 4.79 Å². The summed E-state index contributed by atoms with van der Waals surface area (Å²) in [5.74, 6) is -7.10. The number of hydrogen-bond acceptors (Lipinski definition) is 9. The fourth-order valence-corrected chi connectivity index (χ4v) is 4.04. The Labute approximate surface area is 237 Å². The maximum absolute atomic E-state index is 15.7. The number of likely N-dealkylation sites (N-methyl/N-ethyl adjacent to an activating group) is 1. The fourth-order valence-electron chi connectivity index (χ4n) is 4.04. The summed E-state index contributed by atoms with van der Waals surface area (Å²) >= 11 is 0. The van der Waals surface area contributed by atoms with Crippen molar-refractivity contribution in [2.75, 3.05) is 20.1 Å². The zero-order chi connectivity index (χ0) is 30.0. The first kappa shape index (κ1) is 27.8. The number of aromatic hydroxyl groups is 1. The molecule has 13 heteroatoms. The second-order valence-corrected chi connectivity index (χ2v) is 9.07. The SMILES string of the molecule is CN1CCN=C1c1cccc(Oc2nc(Oc3cc(C(=N)N)ccc3O)c(F)c(Oc3cccc(C(=O)O)c3)c2F)c1. The number of carboxylic acid groups (broad SMARTS) is 1. The molecule has 0 spiro atoms. The van der Waals surface area contributed by atoms with Gasteiger partial charge in [-0.15, -0.1) is 0 Å². The van der Waals surface area contributed by atoms with E-state index in [1.54, 1.807) is 18.2 Å². The molecule has 0 radical (unpaired) electrons. The van der Waals surface area contributed by atoms with E-state index in [4.69, 9.17) is 25.4 Å². The van der Waals surface area contributed by atoms with E-state index >= 15 is 8.78 Å². The summed E-state index contributed by atoms with van der Waals surface area (Å²) in [4.78, 5) is 21.7. The third kappa shape index (κ3) is 5.75. The molecule has 0 fully saturated rings. The van der Waals surface area contributed by atoms with Gasteiger partial charge in [0.1, 0.15) is 23.2 Å². The van der Waals surface area contributed by atoms with Crippen LogP contribution in [-0.2, 0) is 0 Å². The number of aromatic carboxylic acids is 1. The van der Waals surface area contributed by atoms with Gasteiger partial charge in [0.2, 0.25) is 17.4 Å². The number of pyridine rings is 1. The van der Waals surface area contributed by atoms with E-state index in [9.17, 15) is 15.0 Å². The number of aromatic nitrogens is 1. The molecule has 0 unspecified atom stereocenters. The number of carboxylic acids is 1. The summed E-state index contributed by atoms with van der Waals surface area (Å²) in [7, 11) is 1.88. The molecule has 0 amide bonds. The lowest BCUT2D eigenvalue weighted by Crippen LogP contribution is -2.23. The van der Waals surface area contributed by atoms with Gasteiger partial charge < -0.3 is 35.1 Å². The highest BCUT2D eigenvalue weighted by Crippen LogP contribution is 2.41. The number of aliphatic imine (C=N–C) groups is 1. The molecule has 1 aliphatic heterocycles.